The molecule has 2 aromatic carbocycles. The van der Waals surface area contributed by atoms with Gasteiger partial charge in [-0.05, 0) is 43.1 Å². The van der Waals surface area contributed by atoms with E-state index < -0.39 is 6.04 Å². The van der Waals surface area contributed by atoms with Crippen LogP contribution in [0, 0.1) is 5.92 Å². The van der Waals surface area contributed by atoms with Crippen molar-refractivity contribution in [3.05, 3.63) is 66.2 Å². The molecule has 0 aliphatic carbocycles. The Morgan fingerprint density at radius 2 is 1.48 bits per heavy atom. The Kier molecular flexibility index (Phi) is 9.72. The second kappa shape index (κ2) is 12.3. The summed E-state index contributed by atoms with van der Waals surface area (Å²) < 4.78 is 5.74. The number of carbonyl (C=O) groups excluding carboxylic acids is 1. The summed E-state index contributed by atoms with van der Waals surface area (Å²) in [7, 11) is 0. The number of hydrogen-bond acceptors (Lipinski definition) is 4. The van der Waals surface area contributed by atoms with E-state index in [-0.39, 0.29) is 5.97 Å². The molecule has 2 rings (SSSR count). The molecule has 0 heterocycles. The number of anilines is 1. The fraction of sp³-hybridized carbons (Fsp3) is 0.480. The first kappa shape index (κ1) is 23.0. The highest BCUT2D eigenvalue weighted by atomic mass is 16.5. The number of carbonyl (C=O) groups is 1. The van der Waals surface area contributed by atoms with E-state index in [0.29, 0.717) is 12.5 Å². The number of ether oxygens (including phenoxy) is 1. The maximum Gasteiger partial charge on any atom is 0.333 e. The van der Waals surface area contributed by atoms with Crippen molar-refractivity contribution in [1.82, 2.24) is 4.90 Å². The number of nitrogens with zero attached hydrogens (tertiary/aromatic N) is 2. The number of benzene rings is 2. The van der Waals surface area contributed by atoms with E-state index in [4.69, 9.17) is 4.74 Å². The highest BCUT2D eigenvalue weighted by Crippen LogP contribution is 2.28. The minimum absolute atomic E-state index is 0.180. The summed E-state index contributed by atoms with van der Waals surface area (Å²) in [5.74, 6) is 0.325. The van der Waals surface area contributed by atoms with Crippen molar-refractivity contribution in [3.63, 3.8) is 0 Å². The van der Waals surface area contributed by atoms with Gasteiger partial charge in [-0.25, -0.2) is 4.79 Å². The number of likely N-dealkylation sites (N-methyl/N-ethyl adjacent to an activating group) is 1. The van der Waals surface area contributed by atoms with Crippen LogP contribution in [-0.2, 0) is 9.53 Å². The van der Waals surface area contributed by atoms with Crippen LogP contribution in [0.5, 0.6) is 0 Å². The van der Waals surface area contributed by atoms with Gasteiger partial charge in [0.15, 0.2) is 6.04 Å². The molecule has 0 bridgehead atoms. The zero-order valence-electron chi connectivity index (χ0n) is 18.4. The van der Waals surface area contributed by atoms with Gasteiger partial charge in [0.25, 0.3) is 0 Å². The van der Waals surface area contributed by atoms with Crippen LogP contribution in [0.25, 0.3) is 0 Å². The molecular formula is C25H36N2O2. The zero-order chi connectivity index (χ0) is 21.1. The van der Waals surface area contributed by atoms with Gasteiger partial charge in [0.05, 0.1) is 6.61 Å². The van der Waals surface area contributed by atoms with Crippen molar-refractivity contribution in [2.45, 2.75) is 40.2 Å². The average Bonchev–Trinajstić information content (AvgIpc) is 2.74. The molecular weight excluding hydrogens is 360 g/mol. The Morgan fingerprint density at radius 3 is 2.03 bits per heavy atom. The standard InChI is InChI=1S/C25H36N2O2/c1-5-26(6-2)18-19-27(23-15-11-8-12-16-23)24(22-13-9-7-10-14-22)25(28)29-20-17-21(3)4/h7-16,21,24H,5-6,17-20H2,1-4H3. The van der Waals surface area contributed by atoms with Crippen LogP contribution in [-0.4, -0.2) is 43.7 Å². The molecule has 1 atom stereocenters. The second-order valence-electron chi connectivity index (χ2n) is 7.72. The van der Waals surface area contributed by atoms with Gasteiger partial charge in [-0.15, -0.1) is 0 Å². The third-order valence-electron chi connectivity index (χ3n) is 5.23. The highest BCUT2D eigenvalue weighted by molar-refractivity contribution is 5.82. The fourth-order valence-electron chi connectivity index (χ4n) is 3.37. The van der Waals surface area contributed by atoms with Crippen molar-refractivity contribution in [2.75, 3.05) is 37.7 Å². The van der Waals surface area contributed by atoms with Crippen LogP contribution in [0.1, 0.15) is 45.7 Å². The molecule has 0 aliphatic rings. The van der Waals surface area contributed by atoms with E-state index in [2.05, 4.69) is 49.6 Å². The SMILES string of the molecule is CCN(CC)CCN(c1ccccc1)C(C(=O)OCCC(C)C)c1ccccc1. The predicted molar refractivity (Wildman–Crippen MR) is 121 cm³/mol. The second-order valence-corrected chi connectivity index (χ2v) is 7.72. The molecule has 4 heteroatoms. The van der Waals surface area contributed by atoms with Gasteiger partial charge in [-0.2, -0.15) is 0 Å². The summed E-state index contributed by atoms with van der Waals surface area (Å²) in [5.41, 5.74) is 2.00. The lowest BCUT2D eigenvalue weighted by molar-refractivity contribution is -0.145. The van der Waals surface area contributed by atoms with Gasteiger partial charge in [0.1, 0.15) is 0 Å². The Hall–Kier alpha value is -2.33. The van der Waals surface area contributed by atoms with Crippen LogP contribution in [0.4, 0.5) is 5.69 Å². The van der Waals surface area contributed by atoms with Gasteiger partial charge in [0, 0.05) is 18.8 Å². The molecule has 0 N–H and O–H groups in total. The molecule has 4 nitrogen and oxygen atoms in total. The monoisotopic (exact) mass is 396 g/mol. The maximum absolute atomic E-state index is 13.2. The number of hydrogen-bond donors (Lipinski definition) is 0. The lowest BCUT2D eigenvalue weighted by atomic mass is 10.0. The molecule has 0 saturated heterocycles. The van der Waals surface area contributed by atoms with Crippen molar-refractivity contribution in [2.24, 2.45) is 5.92 Å². The van der Waals surface area contributed by atoms with Crippen molar-refractivity contribution in [3.8, 4) is 0 Å². The van der Waals surface area contributed by atoms with Crippen LogP contribution < -0.4 is 4.90 Å². The lowest BCUT2D eigenvalue weighted by Gasteiger charge is -2.34. The van der Waals surface area contributed by atoms with Crippen LogP contribution in [0.3, 0.4) is 0 Å². The van der Waals surface area contributed by atoms with Crippen LogP contribution >= 0.6 is 0 Å². The first-order valence-corrected chi connectivity index (χ1v) is 10.8. The molecule has 0 saturated carbocycles. The number of para-hydroxylation sites is 1. The molecule has 1 unspecified atom stereocenters. The van der Waals surface area contributed by atoms with Crippen LogP contribution in [0.15, 0.2) is 60.7 Å². The summed E-state index contributed by atoms with van der Waals surface area (Å²) in [5, 5.41) is 0. The van der Waals surface area contributed by atoms with Gasteiger partial charge < -0.3 is 14.5 Å². The molecule has 29 heavy (non-hydrogen) atoms. The van der Waals surface area contributed by atoms with Gasteiger partial charge in [-0.1, -0.05) is 76.2 Å². The molecule has 158 valence electrons. The highest BCUT2D eigenvalue weighted by Gasteiger charge is 2.29. The first-order chi connectivity index (χ1) is 14.1. The number of rotatable bonds is 12. The Labute approximate surface area is 176 Å². The molecule has 0 fully saturated rings. The first-order valence-electron chi connectivity index (χ1n) is 10.8. The van der Waals surface area contributed by atoms with E-state index >= 15 is 0 Å². The normalized spacial score (nSPS) is 12.2. The van der Waals surface area contributed by atoms with E-state index in [1.165, 1.54) is 0 Å². The average molecular weight is 397 g/mol. The molecule has 0 amide bonds. The summed E-state index contributed by atoms with van der Waals surface area (Å²) in [6.45, 7) is 12.7. The smallest absolute Gasteiger partial charge is 0.333 e. The molecule has 2 aromatic rings. The van der Waals surface area contributed by atoms with Crippen LogP contribution in [0.2, 0.25) is 0 Å². The van der Waals surface area contributed by atoms with E-state index in [9.17, 15) is 4.79 Å². The van der Waals surface area contributed by atoms with Gasteiger partial charge in [-0.3, -0.25) is 0 Å². The maximum atomic E-state index is 13.2. The summed E-state index contributed by atoms with van der Waals surface area (Å²) in [4.78, 5) is 17.8. The molecule has 0 aliphatic heterocycles. The van der Waals surface area contributed by atoms with Gasteiger partial charge in [0.2, 0.25) is 0 Å². The Balaban J connectivity index is 2.33. The van der Waals surface area contributed by atoms with E-state index in [0.717, 1.165) is 43.9 Å². The minimum Gasteiger partial charge on any atom is -0.464 e. The Bertz CT molecular complexity index is 699. The summed E-state index contributed by atoms with van der Waals surface area (Å²) in [6, 6.07) is 19.7. The quantitative estimate of drug-likeness (QED) is 0.464. The van der Waals surface area contributed by atoms with E-state index in [1.54, 1.807) is 0 Å². The third kappa shape index (κ3) is 7.21. The largest absolute Gasteiger partial charge is 0.464 e. The minimum atomic E-state index is -0.457. The number of esters is 1. The van der Waals surface area contributed by atoms with E-state index in [1.807, 2.05) is 48.5 Å². The zero-order valence-corrected chi connectivity index (χ0v) is 18.4. The van der Waals surface area contributed by atoms with Crippen molar-refractivity contribution in [1.29, 1.82) is 0 Å². The topological polar surface area (TPSA) is 32.8 Å². The molecule has 0 spiro atoms. The molecule has 0 radical (unpaired) electrons. The molecule has 0 aromatic heterocycles. The lowest BCUT2D eigenvalue weighted by Crippen LogP contribution is -2.41. The van der Waals surface area contributed by atoms with Crippen molar-refractivity contribution < 1.29 is 9.53 Å². The fourth-order valence-corrected chi connectivity index (χ4v) is 3.37. The van der Waals surface area contributed by atoms with Crippen molar-refractivity contribution >= 4 is 11.7 Å². The van der Waals surface area contributed by atoms with Gasteiger partial charge >= 0.3 is 5.97 Å². The summed E-state index contributed by atoms with van der Waals surface area (Å²) >= 11 is 0. The third-order valence-corrected chi connectivity index (χ3v) is 5.23. The predicted octanol–water partition coefficient (Wildman–Crippen LogP) is 5.17. The summed E-state index contributed by atoms with van der Waals surface area (Å²) in [6.07, 6.45) is 0.873. The Morgan fingerprint density at radius 1 is 0.897 bits per heavy atom.